The van der Waals surface area contributed by atoms with Gasteiger partial charge in [-0.15, -0.1) is 0 Å². The van der Waals surface area contributed by atoms with Crippen molar-refractivity contribution in [1.29, 1.82) is 0 Å². The molecule has 1 saturated heterocycles. The van der Waals surface area contributed by atoms with E-state index < -0.39 is 0 Å². The lowest BCUT2D eigenvalue weighted by Gasteiger charge is -2.31. The van der Waals surface area contributed by atoms with Crippen LogP contribution in [0.1, 0.15) is 42.0 Å². The summed E-state index contributed by atoms with van der Waals surface area (Å²) in [6.45, 7) is 4.56. The Morgan fingerprint density at radius 3 is 2.63 bits per heavy atom. The van der Waals surface area contributed by atoms with Crippen LogP contribution in [0.4, 0.5) is 0 Å². The lowest BCUT2D eigenvalue weighted by atomic mass is 9.95. The number of aryl methyl sites for hydroxylation is 2. The summed E-state index contributed by atoms with van der Waals surface area (Å²) in [6, 6.07) is 11.9. The second-order valence-corrected chi connectivity index (χ2v) is 7.04. The molecule has 1 amide bonds. The third-order valence-electron chi connectivity index (χ3n) is 5.40. The molecule has 1 aliphatic rings. The maximum Gasteiger partial charge on any atom is 0.274 e. The molecular weight excluding hydrogens is 338 g/mol. The maximum atomic E-state index is 12.9. The number of hydrogen-bond donors (Lipinski definition) is 0. The van der Waals surface area contributed by atoms with E-state index in [0.29, 0.717) is 11.6 Å². The van der Waals surface area contributed by atoms with Crippen molar-refractivity contribution >= 4 is 5.91 Å². The summed E-state index contributed by atoms with van der Waals surface area (Å²) in [5.74, 6) is 1.59. The van der Waals surface area contributed by atoms with Crippen molar-refractivity contribution in [3.63, 3.8) is 0 Å². The maximum absolute atomic E-state index is 12.9. The number of amides is 1. The number of aromatic nitrogens is 4. The zero-order chi connectivity index (χ0) is 18.8. The van der Waals surface area contributed by atoms with Gasteiger partial charge in [0.1, 0.15) is 5.82 Å². The molecule has 1 aliphatic heterocycles. The van der Waals surface area contributed by atoms with Crippen LogP contribution in [-0.4, -0.2) is 43.2 Å². The van der Waals surface area contributed by atoms with E-state index in [9.17, 15) is 4.79 Å². The molecule has 0 saturated carbocycles. The molecule has 1 fully saturated rings. The summed E-state index contributed by atoms with van der Waals surface area (Å²) in [4.78, 5) is 19.4. The Morgan fingerprint density at radius 1 is 1.19 bits per heavy atom. The molecule has 0 bridgehead atoms. The topological polar surface area (TPSA) is 56.0 Å². The van der Waals surface area contributed by atoms with Gasteiger partial charge in [-0.3, -0.25) is 9.48 Å². The molecule has 0 N–H and O–H groups in total. The minimum atomic E-state index is 0.0186. The minimum absolute atomic E-state index is 0.0186. The average Bonchev–Trinajstić information content (AvgIpc) is 3.34. The molecule has 0 aliphatic carbocycles. The number of nitrogens with zero attached hydrogens (tertiary/aromatic N) is 5. The quantitative estimate of drug-likeness (QED) is 0.714. The van der Waals surface area contributed by atoms with Gasteiger partial charge in [-0.1, -0.05) is 30.3 Å². The van der Waals surface area contributed by atoms with E-state index in [-0.39, 0.29) is 5.91 Å². The van der Waals surface area contributed by atoms with Crippen LogP contribution >= 0.6 is 0 Å². The van der Waals surface area contributed by atoms with Gasteiger partial charge in [0.2, 0.25) is 0 Å². The van der Waals surface area contributed by atoms with Crippen molar-refractivity contribution in [3.05, 3.63) is 60.3 Å². The first-order valence-corrected chi connectivity index (χ1v) is 9.57. The van der Waals surface area contributed by atoms with E-state index >= 15 is 0 Å². The highest BCUT2D eigenvalue weighted by molar-refractivity contribution is 5.93. The number of carbonyl (C=O) groups excluding carboxylic acids is 1. The third kappa shape index (κ3) is 3.39. The Morgan fingerprint density at radius 2 is 1.93 bits per heavy atom. The van der Waals surface area contributed by atoms with Gasteiger partial charge < -0.3 is 9.47 Å². The van der Waals surface area contributed by atoms with Crippen molar-refractivity contribution in [3.8, 4) is 11.3 Å². The standard InChI is InChI=1S/C21H25N5O/c1-3-25-14-11-22-20(25)17-9-12-26(13-10-17)21(27)18-15-19(24(2)23-18)16-7-5-4-6-8-16/h4-8,11,14-15,17H,3,9-10,12-13H2,1-2H3. The van der Waals surface area contributed by atoms with E-state index in [2.05, 4.69) is 21.6 Å². The molecule has 2 aromatic heterocycles. The van der Waals surface area contributed by atoms with E-state index in [1.807, 2.05) is 60.7 Å². The lowest BCUT2D eigenvalue weighted by Crippen LogP contribution is -2.38. The summed E-state index contributed by atoms with van der Waals surface area (Å²) in [5, 5.41) is 4.47. The Balaban J connectivity index is 1.46. The first-order valence-electron chi connectivity index (χ1n) is 9.57. The Bertz CT molecular complexity index is 919. The van der Waals surface area contributed by atoms with Crippen LogP contribution in [-0.2, 0) is 13.6 Å². The highest BCUT2D eigenvalue weighted by atomic mass is 16.2. The Kier molecular flexibility index (Phi) is 4.79. The van der Waals surface area contributed by atoms with Crippen LogP contribution in [0, 0.1) is 0 Å². The summed E-state index contributed by atoms with van der Waals surface area (Å²) >= 11 is 0. The van der Waals surface area contributed by atoms with Gasteiger partial charge in [0.05, 0.1) is 5.69 Å². The number of likely N-dealkylation sites (tertiary alicyclic amines) is 1. The minimum Gasteiger partial charge on any atom is -0.337 e. The fraction of sp³-hybridized carbons (Fsp3) is 0.381. The predicted molar refractivity (Wildman–Crippen MR) is 104 cm³/mol. The molecule has 3 aromatic rings. The first kappa shape index (κ1) is 17.5. The number of rotatable bonds is 4. The molecule has 27 heavy (non-hydrogen) atoms. The van der Waals surface area contributed by atoms with E-state index in [1.54, 1.807) is 4.68 Å². The van der Waals surface area contributed by atoms with Gasteiger partial charge in [0.25, 0.3) is 5.91 Å². The van der Waals surface area contributed by atoms with Crippen molar-refractivity contribution in [2.45, 2.75) is 32.2 Å². The van der Waals surface area contributed by atoms with Gasteiger partial charge in [0.15, 0.2) is 5.69 Å². The Labute approximate surface area is 159 Å². The van der Waals surface area contributed by atoms with Gasteiger partial charge in [-0.25, -0.2) is 4.98 Å². The van der Waals surface area contributed by atoms with E-state index in [0.717, 1.165) is 49.6 Å². The van der Waals surface area contributed by atoms with Crippen molar-refractivity contribution in [2.24, 2.45) is 7.05 Å². The average molecular weight is 363 g/mol. The van der Waals surface area contributed by atoms with Crippen LogP contribution in [0.15, 0.2) is 48.8 Å². The summed E-state index contributed by atoms with van der Waals surface area (Å²) in [7, 11) is 1.88. The molecule has 0 spiro atoms. The van der Waals surface area contributed by atoms with Crippen LogP contribution < -0.4 is 0 Å². The largest absolute Gasteiger partial charge is 0.337 e. The monoisotopic (exact) mass is 363 g/mol. The second-order valence-electron chi connectivity index (χ2n) is 7.04. The normalized spacial score (nSPS) is 15.3. The second kappa shape index (κ2) is 7.39. The molecule has 3 heterocycles. The molecule has 6 heteroatoms. The zero-order valence-electron chi connectivity index (χ0n) is 15.9. The molecule has 0 unspecified atom stereocenters. The first-order chi connectivity index (χ1) is 13.2. The predicted octanol–water partition coefficient (Wildman–Crippen LogP) is 3.32. The van der Waals surface area contributed by atoms with Crippen LogP contribution in [0.3, 0.4) is 0 Å². The fourth-order valence-electron chi connectivity index (χ4n) is 3.90. The third-order valence-corrected chi connectivity index (χ3v) is 5.40. The van der Waals surface area contributed by atoms with E-state index in [4.69, 9.17) is 0 Å². The number of benzene rings is 1. The molecule has 4 rings (SSSR count). The highest BCUT2D eigenvalue weighted by Crippen LogP contribution is 2.28. The molecule has 0 atom stereocenters. The smallest absolute Gasteiger partial charge is 0.274 e. The van der Waals surface area contributed by atoms with Gasteiger partial charge in [-0.2, -0.15) is 5.10 Å². The van der Waals surface area contributed by atoms with Gasteiger partial charge in [-0.05, 0) is 31.4 Å². The lowest BCUT2D eigenvalue weighted by molar-refractivity contribution is 0.0703. The fourth-order valence-corrected chi connectivity index (χ4v) is 3.90. The van der Waals surface area contributed by atoms with Crippen LogP contribution in [0.2, 0.25) is 0 Å². The summed E-state index contributed by atoms with van der Waals surface area (Å²) < 4.78 is 3.99. The zero-order valence-corrected chi connectivity index (χ0v) is 15.9. The molecule has 0 radical (unpaired) electrons. The Hall–Kier alpha value is -2.89. The highest BCUT2D eigenvalue weighted by Gasteiger charge is 2.28. The van der Waals surface area contributed by atoms with Gasteiger partial charge in [0, 0.05) is 45.0 Å². The van der Waals surface area contributed by atoms with Gasteiger partial charge >= 0.3 is 0 Å². The summed E-state index contributed by atoms with van der Waals surface area (Å²) in [6.07, 6.45) is 5.80. The summed E-state index contributed by atoms with van der Waals surface area (Å²) in [5.41, 5.74) is 2.54. The SMILES string of the molecule is CCn1ccnc1C1CCN(C(=O)c2cc(-c3ccccc3)n(C)n2)CC1. The van der Waals surface area contributed by atoms with E-state index in [1.165, 1.54) is 0 Å². The molecule has 1 aromatic carbocycles. The molecule has 6 nitrogen and oxygen atoms in total. The number of piperidine rings is 1. The number of imidazole rings is 1. The number of hydrogen-bond acceptors (Lipinski definition) is 3. The molecular formula is C21H25N5O. The van der Waals surface area contributed by atoms with Crippen molar-refractivity contribution in [1.82, 2.24) is 24.2 Å². The van der Waals surface area contributed by atoms with Crippen LogP contribution in [0.5, 0.6) is 0 Å². The van der Waals surface area contributed by atoms with Crippen molar-refractivity contribution in [2.75, 3.05) is 13.1 Å². The number of carbonyl (C=O) groups is 1. The molecule has 140 valence electrons. The van der Waals surface area contributed by atoms with Crippen LogP contribution in [0.25, 0.3) is 11.3 Å². The van der Waals surface area contributed by atoms with Crippen molar-refractivity contribution < 1.29 is 4.79 Å².